The second kappa shape index (κ2) is 7.79. The van der Waals surface area contributed by atoms with Crippen molar-refractivity contribution in [2.75, 3.05) is 13.2 Å². The van der Waals surface area contributed by atoms with Gasteiger partial charge in [-0.15, -0.1) is 0 Å². The molecule has 4 nitrogen and oxygen atoms in total. The van der Waals surface area contributed by atoms with Gasteiger partial charge < -0.3 is 14.2 Å². The summed E-state index contributed by atoms with van der Waals surface area (Å²) < 4.78 is 17.7. The lowest BCUT2D eigenvalue weighted by Crippen LogP contribution is -2.42. The Morgan fingerprint density at radius 2 is 1.81 bits per heavy atom. The monoisotopic (exact) mass is 368 g/mol. The molecule has 0 bridgehead atoms. The molecule has 1 aliphatic heterocycles. The largest absolute Gasteiger partial charge is 0.462 e. The first-order valence-corrected chi connectivity index (χ1v) is 10.4. The fourth-order valence-electron chi connectivity index (χ4n) is 4.26. The van der Waals surface area contributed by atoms with Crippen LogP contribution in [0.2, 0.25) is 0 Å². The topological polar surface area (TPSA) is 44.8 Å². The molecule has 0 aromatic rings. The molecule has 1 saturated carbocycles. The summed E-state index contributed by atoms with van der Waals surface area (Å²) in [6, 6.07) is 0. The SMILES string of the molecule is CCCCCC1(C)OCC(COC(=O)C(C)(CC(C)(C)C)C2(C)CC2)O1. The zero-order valence-electron chi connectivity index (χ0n) is 18.1. The predicted molar refractivity (Wildman–Crippen MR) is 104 cm³/mol. The summed E-state index contributed by atoms with van der Waals surface area (Å²) in [7, 11) is 0. The van der Waals surface area contributed by atoms with Crippen molar-refractivity contribution in [3.05, 3.63) is 0 Å². The Morgan fingerprint density at radius 3 is 2.35 bits per heavy atom. The predicted octanol–water partition coefficient (Wildman–Crippen LogP) is 5.48. The highest BCUT2D eigenvalue weighted by molar-refractivity contribution is 5.78. The smallest absolute Gasteiger partial charge is 0.312 e. The van der Waals surface area contributed by atoms with E-state index in [0.29, 0.717) is 6.61 Å². The van der Waals surface area contributed by atoms with Crippen LogP contribution in [-0.4, -0.2) is 31.1 Å². The van der Waals surface area contributed by atoms with Crippen molar-refractivity contribution in [3.63, 3.8) is 0 Å². The van der Waals surface area contributed by atoms with Crippen molar-refractivity contribution in [2.45, 2.75) is 105 Å². The van der Waals surface area contributed by atoms with Crippen molar-refractivity contribution >= 4 is 5.97 Å². The lowest BCUT2D eigenvalue weighted by Gasteiger charge is -2.39. The number of esters is 1. The summed E-state index contributed by atoms with van der Waals surface area (Å²) >= 11 is 0. The molecular formula is C22H40O4. The Labute approximate surface area is 160 Å². The summed E-state index contributed by atoms with van der Waals surface area (Å²) in [6.07, 6.45) is 7.25. The Balaban J connectivity index is 1.89. The van der Waals surface area contributed by atoms with Crippen LogP contribution in [0, 0.1) is 16.2 Å². The van der Waals surface area contributed by atoms with Gasteiger partial charge in [0.2, 0.25) is 0 Å². The average Bonchev–Trinajstić information content (AvgIpc) is 3.17. The van der Waals surface area contributed by atoms with Crippen molar-refractivity contribution in [3.8, 4) is 0 Å². The van der Waals surface area contributed by atoms with Crippen LogP contribution in [0.25, 0.3) is 0 Å². The third kappa shape index (κ3) is 5.22. The van der Waals surface area contributed by atoms with Crippen LogP contribution in [0.15, 0.2) is 0 Å². The molecule has 0 radical (unpaired) electrons. The van der Waals surface area contributed by atoms with E-state index in [2.05, 4.69) is 41.5 Å². The lowest BCUT2D eigenvalue weighted by molar-refractivity contribution is -0.177. The van der Waals surface area contributed by atoms with Gasteiger partial charge >= 0.3 is 5.97 Å². The summed E-state index contributed by atoms with van der Waals surface area (Å²) in [5.74, 6) is -0.598. The van der Waals surface area contributed by atoms with Gasteiger partial charge in [-0.3, -0.25) is 4.79 Å². The van der Waals surface area contributed by atoms with Gasteiger partial charge in [0.05, 0.1) is 12.0 Å². The third-order valence-corrected chi connectivity index (χ3v) is 6.29. The molecule has 0 N–H and O–H groups in total. The molecule has 0 amide bonds. The molecule has 0 aromatic carbocycles. The second-order valence-electron chi connectivity index (χ2n) is 10.4. The molecule has 0 aromatic heterocycles. The van der Waals surface area contributed by atoms with Gasteiger partial charge in [-0.05, 0) is 50.4 Å². The Hall–Kier alpha value is -0.610. The molecule has 2 fully saturated rings. The first-order valence-electron chi connectivity index (χ1n) is 10.4. The van der Waals surface area contributed by atoms with Gasteiger partial charge in [-0.2, -0.15) is 0 Å². The van der Waals surface area contributed by atoms with Crippen molar-refractivity contribution in [2.24, 2.45) is 16.2 Å². The zero-order chi connectivity index (χ0) is 19.6. The molecule has 1 heterocycles. The maximum Gasteiger partial charge on any atom is 0.312 e. The van der Waals surface area contributed by atoms with Crippen LogP contribution in [0.4, 0.5) is 0 Å². The number of carbonyl (C=O) groups excluding carboxylic acids is 1. The number of rotatable bonds is 9. The van der Waals surface area contributed by atoms with Crippen molar-refractivity contribution < 1.29 is 19.0 Å². The van der Waals surface area contributed by atoms with Gasteiger partial charge in [-0.25, -0.2) is 0 Å². The fourth-order valence-corrected chi connectivity index (χ4v) is 4.26. The van der Waals surface area contributed by atoms with Crippen LogP contribution in [0.5, 0.6) is 0 Å². The van der Waals surface area contributed by atoms with E-state index < -0.39 is 11.2 Å². The number of hydrogen-bond donors (Lipinski definition) is 0. The van der Waals surface area contributed by atoms with Crippen LogP contribution >= 0.6 is 0 Å². The molecule has 152 valence electrons. The van der Waals surface area contributed by atoms with Gasteiger partial charge in [0, 0.05) is 6.42 Å². The molecule has 3 unspecified atom stereocenters. The fraction of sp³-hybridized carbons (Fsp3) is 0.955. The van der Waals surface area contributed by atoms with Crippen LogP contribution in [0.3, 0.4) is 0 Å². The van der Waals surface area contributed by atoms with Gasteiger partial charge in [0.25, 0.3) is 0 Å². The van der Waals surface area contributed by atoms with E-state index in [1.807, 2.05) is 6.92 Å². The second-order valence-corrected chi connectivity index (χ2v) is 10.4. The van der Waals surface area contributed by atoms with Crippen LogP contribution < -0.4 is 0 Å². The molecule has 4 heteroatoms. The maximum atomic E-state index is 13.0. The average molecular weight is 369 g/mol. The van der Waals surface area contributed by atoms with E-state index in [9.17, 15) is 4.79 Å². The van der Waals surface area contributed by atoms with E-state index in [4.69, 9.17) is 14.2 Å². The molecule has 2 aliphatic rings. The summed E-state index contributed by atoms with van der Waals surface area (Å²) in [4.78, 5) is 13.0. The minimum absolute atomic E-state index is 0.0685. The van der Waals surface area contributed by atoms with Crippen LogP contribution in [-0.2, 0) is 19.0 Å². The highest BCUT2D eigenvalue weighted by Gasteiger charge is 2.59. The van der Waals surface area contributed by atoms with Crippen molar-refractivity contribution in [1.82, 2.24) is 0 Å². The van der Waals surface area contributed by atoms with E-state index in [-0.39, 0.29) is 29.5 Å². The van der Waals surface area contributed by atoms with Crippen molar-refractivity contribution in [1.29, 1.82) is 0 Å². The lowest BCUT2D eigenvalue weighted by atomic mass is 9.66. The normalized spacial score (nSPS) is 30.0. The van der Waals surface area contributed by atoms with Gasteiger partial charge in [0.1, 0.15) is 12.7 Å². The van der Waals surface area contributed by atoms with Crippen LogP contribution in [0.1, 0.15) is 93.4 Å². The molecule has 1 aliphatic carbocycles. The van der Waals surface area contributed by atoms with Gasteiger partial charge in [0.15, 0.2) is 5.79 Å². The first-order chi connectivity index (χ1) is 11.9. The standard InChI is InChI=1S/C22H40O4/c1-8-9-10-11-22(7)25-15-17(26-22)14-24-18(23)21(6,16-19(2,3)4)20(5)12-13-20/h17H,8-16H2,1-7H3. The van der Waals surface area contributed by atoms with E-state index in [0.717, 1.165) is 32.1 Å². The number of hydrogen-bond acceptors (Lipinski definition) is 4. The molecular weight excluding hydrogens is 328 g/mol. The quantitative estimate of drug-likeness (QED) is 0.399. The molecule has 3 atom stereocenters. The number of unbranched alkanes of at least 4 members (excludes halogenated alkanes) is 2. The zero-order valence-corrected chi connectivity index (χ0v) is 18.1. The minimum atomic E-state index is -0.524. The van der Waals surface area contributed by atoms with Gasteiger partial charge in [-0.1, -0.05) is 47.5 Å². The molecule has 2 rings (SSSR count). The van der Waals surface area contributed by atoms with E-state index in [1.165, 1.54) is 12.8 Å². The molecule has 26 heavy (non-hydrogen) atoms. The first kappa shape index (κ1) is 21.7. The minimum Gasteiger partial charge on any atom is -0.462 e. The number of carbonyl (C=O) groups is 1. The van der Waals surface area contributed by atoms with E-state index in [1.54, 1.807) is 0 Å². The molecule has 1 saturated heterocycles. The maximum absolute atomic E-state index is 13.0. The number of ether oxygens (including phenoxy) is 3. The Morgan fingerprint density at radius 1 is 1.15 bits per heavy atom. The summed E-state index contributed by atoms with van der Waals surface area (Å²) in [6.45, 7) is 15.9. The third-order valence-electron chi connectivity index (χ3n) is 6.29. The highest BCUT2D eigenvalue weighted by atomic mass is 16.7. The molecule has 0 spiro atoms. The Kier molecular flexibility index (Phi) is 6.50. The highest BCUT2D eigenvalue weighted by Crippen LogP contribution is 2.62. The van der Waals surface area contributed by atoms with E-state index >= 15 is 0 Å². The Bertz CT molecular complexity index is 491. The summed E-state index contributed by atoms with van der Waals surface area (Å²) in [5.41, 5.74) is -0.279. The summed E-state index contributed by atoms with van der Waals surface area (Å²) in [5, 5.41) is 0.